The van der Waals surface area contributed by atoms with Crippen molar-refractivity contribution >= 4 is 11.6 Å². The van der Waals surface area contributed by atoms with Gasteiger partial charge in [-0.15, -0.1) is 0 Å². The van der Waals surface area contributed by atoms with Gasteiger partial charge in [0.25, 0.3) is 0 Å². The monoisotopic (exact) mass is 196 g/mol. The highest BCUT2D eigenvalue weighted by Gasteiger charge is 2.39. The molecule has 1 heterocycles. The summed E-state index contributed by atoms with van der Waals surface area (Å²) in [7, 11) is 0. The Morgan fingerprint density at radius 1 is 1.67 bits per heavy atom. The van der Waals surface area contributed by atoms with Crippen LogP contribution in [-0.2, 0) is 0 Å². The molecule has 0 aromatic carbocycles. The second-order valence-corrected chi connectivity index (χ2v) is 2.66. The van der Waals surface area contributed by atoms with Crippen molar-refractivity contribution in [3.05, 3.63) is 24.2 Å². The summed E-state index contributed by atoms with van der Waals surface area (Å²) in [6, 6.07) is 1.33. The van der Waals surface area contributed by atoms with Gasteiger partial charge in [-0.25, -0.2) is 5.43 Å². The zero-order chi connectivity index (χ0) is 9.19. The van der Waals surface area contributed by atoms with Crippen molar-refractivity contribution in [1.29, 1.82) is 0 Å². The largest absolute Gasteiger partial charge is 0.467 e. The Morgan fingerprint density at radius 3 is 2.67 bits per heavy atom. The minimum Gasteiger partial charge on any atom is -0.467 e. The van der Waals surface area contributed by atoms with Crippen LogP contribution in [0.15, 0.2) is 22.8 Å². The van der Waals surface area contributed by atoms with E-state index >= 15 is 0 Å². The first kappa shape index (κ1) is 9.44. The highest BCUT2D eigenvalue weighted by Crippen LogP contribution is 2.34. The third kappa shape index (κ3) is 1.94. The molecule has 0 radical (unpaired) electrons. The van der Waals surface area contributed by atoms with Crippen LogP contribution in [-0.4, -0.2) is 5.38 Å². The van der Waals surface area contributed by atoms with E-state index in [1.54, 1.807) is 0 Å². The van der Waals surface area contributed by atoms with Gasteiger partial charge >= 0.3 is 5.38 Å². The summed E-state index contributed by atoms with van der Waals surface area (Å²) in [4.78, 5) is 0. The Labute approximate surface area is 72.4 Å². The standard InChI is InChI=1S/C6H7ClF2N2O/c7-6(8,9)5(11-10)4-2-1-3-12-4/h1-3,5,11H,10H2. The number of hydrogen-bond donors (Lipinski definition) is 2. The van der Waals surface area contributed by atoms with E-state index in [0.717, 1.165) is 0 Å². The quantitative estimate of drug-likeness (QED) is 0.439. The van der Waals surface area contributed by atoms with E-state index in [1.807, 2.05) is 5.43 Å². The lowest BCUT2D eigenvalue weighted by atomic mass is 10.2. The molecule has 0 saturated carbocycles. The van der Waals surface area contributed by atoms with Crippen molar-refractivity contribution in [1.82, 2.24) is 5.43 Å². The Morgan fingerprint density at radius 2 is 2.33 bits per heavy atom. The van der Waals surface area contributed by atoms with E-state index in [2.05, 4.69) is 0 Å². The van der Waals surface area contributed by atoms with Gasteiger partial charge in [-0.2, -0.15) is 8.78 Å². The number of rotatable bonds is 3. The van der Waals surface area contributed by atoms with E-state index in [1.165, 1.54) is 18.4 Å². The van der Waals surface area contributed by atoms with Crippen molar-refractivity contribution in [2.75, 3.05) is 0 Å². The molecule has 0 bridgehead atoms. The smallest absolute Gasteiger partial charge is 0.345 e. The predicted molar refractivity (Wildman–Crippen MR) is 39.6 cm³/mol. The zero-order valence-corrected chi connectivity index (χ0v) is 6.68. The minimum atomic E-state index is -3.47. The van der Waals surface area contributed by atoms with Crippen LogP contribution in [0, 0.1) is 0 Å². The van der Waals surface area contributed by atoms with Gasteiger partial charge in [-0.3, -0.25) is 5.84 Å². The van der Waals surface area contributed by atoms with Crippen LogP contribution in [0.3, 0.4) is 0 Å². The fourth-order valence-electron chi connectivity index (χ4n) is 0.793. The zero-order valence-electron chi connectivity index (χ0n) is 5.93. The Bertz CT molecular complexity index is 234. The molecule has 1 aromatic rings. The van der Waals surface area contributed by atoms with Crippen molar-refractivity contribution < 1.29 is 13.2 Å². The van der Waals surface area contributed by atoms with Crippen molar-refractivity contribution in [3.63, 3.8) is 0 Å². The summed E-state index contributed by atoms with van der Waals surface area (Å²) in [5, 5.41) is -3.47. The second-order valence-electron chi connectivity index (χ2n) is 2.16. The molecule has 1 atom stereocenters. The van der Waals surface area contributed by atoms with E-state index in [0.29, 0.717) is 0 Å². The maximum atomic E-state index is 12.5. The van der Waals surface area contributed by atoms with Gasteiger partial charge in [0.2, 0.25) is 0 Å². The molecule has 6 heteroatoms. The average Bonchev–Trinajstić information content (AvgIpc) is 2.38. The van der Waals surface area contributed by atoms with E-state index in [-0.39, 0.29) is 5.76 Å². The molecule has 3 N–H and O–H groups in total. The first-order chi connectivity index (χ1) is 5.55. The molecule has 1 aromatic heterocycles. The van der Waals surface area contributed by atoms with Gasteiger partial charge in [-0.1, -0.05) is 0 Å². The molecule has 0 aliphatic carbocycles. The molecule has 0 saturated heterocycles. The molecule has 1 rings (SSSR count). The summed E-state index contributed by atoms with van der Waals surface area (Å²) in [5.41, 5.74) is 1.87. The fraction of sp³-hybridized carbons (Fsp3) is 0.333. The lowest BCUT2D eigenvalue weighted by molar-refractivity contribution is 0.0410. The number of nitrogens with one attached hydrogen (secondary N) is 1. The van der Waals surface area contributed by atoms with Crippen molar-refractivity contribution in [2.24, 2.45) is 5.84 Å². The summed E-state index contributed by atoms with van der Waals surface area (Å²) < 4.78 is 29.7. The summed E-state index contributed by atoms with van der Waals surface area (Å²) in [5.74, 6) is 4.87. The van der Waals surface area contributed by atoms with Crippen LogP contribution >= 0.6 is 11.6 Å². The SMILES string of the molecule is NNC(c1ccco1)C(F)(F)Cl. The van der Waals surface area contributed by atoms with E-state index < -0.39 is 11.4 Å². The van der Waals surface area contributed by atoms with Crippen molar-refractivity contribution in [3.8, 4) is 0 Å². The van der Waals surface area contributed by atoms with Gasteiger partial charge in [-0.05, 0) is 23.7 Å². The summed E-state index contributed by atoms with van der Waals surface area (Å²) in [6.07, 6.45) is 1.27. The normalized spacial score (nSPS) is 14.7. The van der Waals surface area contributed by atoms with Crippen LogP contribution in [0.5, 0.6) is 0 Å². The fourth-order valence-corrected chi connectivity index (χ4v) is 0.964. The lowest BCUT2D eigenvalue weighted by Gasteiger charge is -2.17. The van der Waals surface area contributed by atoms with Gasteiger partial charge < -0.3 is 4.42 Å². The lowest BCUT2D eigenvalue weighted by Crippen LogP contribution is -2.37. The third-order valence-electron chi connectivity index (χ3n) is 1.32. The Kier molecular flexibility index (Phi) is 2.66. The maximum absolute atomic E-state index is 12.5. The highest BCUT2D eigenvalue weighted by atomic mass is 35.5. The molecular formula is C6H7ClF2N2O. The van der Waals surface area contributed by atoms with Crippen LogP contribution in [0.2, 0.25) is 0 Å². The molecule has 0 aliphatic rings. The molecule has 0 amide bonds. The first-order valence-corrected chi connectivity index (χ1v) is 3.49. The van der Waals surface area contributed by atoms with Gasteiger partial charge in [0.05, 0.1) is 6.26 Å². The summed E-state index contributed by atoms with van der Waals surface area (Å²) >= 11 is 4.75. The van der Waals surface area contributed by atoms with E-state index in [4.69, 9.17) is 21.9 Å². The van der Waals surface area contributed by atoms with Gasteiger partial charge in [0.15, 0.2) is 6.04 Å². The number of hydrazine groups is 1. The molecular weight excluding hydrogens is 190 g/mol. The number of alkyl halides is 3. The number of hydrogen-bond acceptors (Lipinski definition) is 3. The van der Waals surface area contributed by atoms with E-state index in [9.17, 15) is 8.78 Å². The molecule has 1 unspecified atom stereocenters. The van der Waals surface area contributed by atoms with Crippen LogP contribution in [0.1, 0.15) is 11.8 Å². The average molecular weight is 197 g/mol. The molecule has 0 fully saturated rings. The van der Waals surface area contributed by atoms with Crippen molar-refractivity contribution in [2.45, 2.75) is 11.4 Å². The van der Waals surface area contributed by atoms with Gasteiger partial charge in [0.1, 0.15) is 5.76 Å². The minimum absolute atomic E-state index is 0.00231. The number of nitrogens with two attached hydrogens (primary N) is 1. The van der Waals surface area contributed by atoms with Crippen LogP contribution < -0.4 is 11.3 Å². The Balaban J connectivity index is 2.84. The van der Waals surface area contributed by atoms with Crippen LogP contribution in [0.4, 0.5) is 8.78 Å². The molecule has 0 aliphatic heterocycles. The molecule has 0 spiro atoms. The maximum Gasteiger partial charge on any atom is 0.345 e. The Hall–Kier alpha value is -0.650. The molecule has 3 nitrogen and oxygen atoms in total. The molecule has 68 valence electrons. The number of halogens is 3. The molecule has 12 heavy (non-hydrogen) atoms. The third-order valence-corrected chi connectivity index (χ3v) is 1.54. The second kappa shape index (κ2) is 3.38. The highest BCUT2D eigenvalue weighted by molar-refractivity contribution is 6.22. The topological polar surface area (TPSA) is 51.2 Å². The number of furan rings is 1. The summed E-state index contributed by atoms with van der Waals surface area (Å²) in [6.45, 7) is 0. The first-order valence-electron chi connectivity index (χ1n) is 3.12. The van der Waals surface area contributed by atoms with Gasteiger partial charge in [0, 0.05) is 0 Å². The van der Waals surface area contributed by atoms with Crippen LogP contribution in [0.25, 0.3) is 0 Å². The predicted octanol–water partition coefficient (Wildman–Crippen LogP) is 1.62.